The van der Waals surface area contributed by atoms with Gasteiger partial charge in [-0.2, -0.15) is 0 Å². The fraction of sp³-hybridized carbons (Fsp3) is 0.250. The normalized spacial score (nSPS) is 10.8. The topological polar surface area (TPSA) is 37.8 Å². The van der Waals surface area contributed by atoms with Gasteiger partial charge in [0.15, 0.2) is 0 Å². The molecule has 0 unspecified atom stereocenters. The van der Waals surface area contributed by atoms with E-state index in [1.165, 1.54) is 0 Å². The second kappa shape index (κ2) is 5.23. The van der Waals surface area contributed by atoms with Crippen molar-refractivity contribution in [1.29, 1.82) is 0 Å². The lowest BCUT2D eigenvalue weighted by molar-refractivity contribution is 0.793. The lowest BCUT2D eigenvalue weighted by Crippen LogP contribution is -2.14. The van der Waals surface area contributed by atoms with E-state index in [-0.39, 0.29) is 5.56 Å². The molecular formula is C12H12Br2N2O. The molecule has 0 radical (unpaired) electrons. The number of H-pyrrole nitrogens is 1. The molecule has 0 bridgehead atoms. The largest absolute Gasteiger partial charge is 0.294 e. The summed E-state index contributed by atoms with van der Waals surface area (Å²) in [6.07, 6.45) is 1.86. The third-order valence-electron chi connectivity index (χ3n) is 2.47. The molecule has 0 amide bonds. The van der Waals surface area contributed by atoms with Crippen LogP contribution in [0.3, 0.4) is 0 Å². The Morgan fingerprint density at radius 2 is 2.12 bits per heavy atom. The number of nitrogens with zero attached hydrogens (tertiary/aromatic N) is 1. The van der Waals surface area contributed by atoms with Crippen molar-refractivity contribution in [3.8, 4) is 5.69 Å². The van der Waals surface area contributed by atoms with Crippen LogP contribution in [0.4, 0.5) is 0 Å². The van der Waals surface area contributed by atoms with Crippen molar-refractivity contribution in [1.82, 2.24) is 9.78 Å². The Morgan fingerprint density at radius 1 is 1.35 bits per heavy atom. The lowest BCUT2D eigenvalue weighted by atomic mass is 10.3. The van der Waals surface area contributed by atoms with Crippen molar-refractivity contribution < 1.29 is 0 Å². The number of halogens is 2. The zero-order valence-corrected chi connectivity index (χ0v) is 12.5. The Hall–Kier alpha value is -0.810. The molecule has 1 N–H and O–H groups in total. The third kappa shape index (κ3) is 2.55. The average Bonchev–Trinajstić information content (AvgIpc) is 2.58. The molecule has 0 saturated carbocycles. The number of aromatic amines is 1. The molecular weight excluding hydrogens is 348 g/mol. The summed E-state index contributed by atoms with van der Waals surface area (Å²) < 4.78 is 3.13. The average molecular weight is 360 g/mol. The lowest BCUT2D eigenvalue weighted by Gasteiger charge is -2.02. The van der Waals surface area contributed by atoms with Crippen LogP contribution in [0.15, 0.2) is 38.0 Å². The van der Waals surface area contributed by atoms with Crippen LogP contribution >= 0.6 is 31.9 Å². The summed E-state index contributed by atoms with van der Waals surface area (Å²) in [7, 11) is 0. The Morgan fingerprint density at radius 3 is 2.76 bits per heavy atom. The Balaban J connectivity index is 2.53. The van der Waals surface area contributed by atoms with Gasteiger partial charge in [-0.3, -0.25) is 9.89 Å². The molecule has 0 fully saturated rings. The molecule has 0 aliphatic carbocycles. The summed E-state index contributed by atoms with van der Waals surface area (Å²) in [4.78, 5) is 12.0. The number of hydrogen-bond donors (Lipinski definition) is 1. The van der Waals surface area contributed by atoms with Crippen molar-refractivity contribution >= 4 is 31.9 Å². The van der Waals surface area contributed by atoms with E-state index in [2.05, 4.69) is 43.9 Å². The second-order valence-electron chi connectivity index (χ2n) is 3.77. The summed E-state index contributed by atoms with van der Waals surface area (Å²) >= 11 is 6.74. The van der Waals surface area contributed by atoms with Crippen molar-refractivity contribution in [2.45, 2.75) is 19.8 Å². The number of rotatable bonds is 3. The summed E-state index contributed by atoms with van der Waals surface area (Å²) in [5.74, 6) is 0. The van der Waals surface area contributed by atoms with E-state index in [4.69, 9.17) is 0 Å². The molecule has 17 heavy (non-hydrogen) atoms. The van der Waals surface area contributed by atoms with E-state index in [0.717, 1.165) is 28.7 Å². The van der Waals surface area contributed by atoms with Crippen LogP contribution in [-0.4, -0.2) is 9.78 Å². The molecule has 1 aromatic heterocycles. The number of benzene rings is 1. The van der Waals surface area contributed by atoms with E-state index in [1.54, 1.807) is 4.68 Å². The minimum absolute atomic E-state index is 0.0495. The maximum Gasteiger partial charge on any atom is 0.285 e. The second-order valence-corrected chi connectivity index (χ2v) is 5.48. The van der Waals surface area contributed by atoms with E-state index >= 15 is 0 Å². The third-order valence-corrected chi connectivity index (χ3v) is 3.78. The van der Waals surface area contributed by atoms with Gasteiger partial charge in [0, 0.05) is 4.47 Å². The minimum atomic E-state index is -0.0495. The Kier molecular flexibility index (Phi) is 3.89. The molecule has 3 nitrogen and oxygen atoms in total. The molecule has 0 aliphatic heterocycles. The molecule has 1 heterocycles. The van der Waals surface area contributed by atoms with E-state index in [9.17, 15) is 4.79 Å². The molecule has 1 aromatic carbocycles. The van der Waals surface area contributed by atoms with Gasteiger partial charge in [-0.25, -0.2) is 4.68 Å². The van der Waals surface area contributed by atoms with Gasteiger partial charge in [-0.05, 0) is 40.5 Å². The van der Waals surface area contributed by atoms with Crippen LogP contribution in [0.5, 0.6) is 0 Å². The first-order valence-corrected chi connectivity index (χ1v) is 6.97. The van der Waals surface area contributed by atoms with Gasteiger partial charge in [0.05, 0.1) is 11.4 Å². The minimum Gasteiger partial charge on any atom is -0.294 e. The van der Waals surface area contributed by atoms with Crippen LogP contribution in [0, 0.1) is 0 Å². The smallest absolute Gasteiger partial charge is 0.285 e. The highest BCUT2D eigenvalue weighted by molar-refractivity contribution is 9.10. The summed E-state index contributed by atoms with van der Waals surface area (Å²) in [6, 6.07) is 7.63. The number of aryl methyl sites for hydroxylation is 1. The first-order chi connectivity index (χ1) is 8.13. The van der Waals surface area contributed by atoms with Crippen molar-refractivity contribution in [2.24, 2.45) is 0 Å². The van der Waals surface area contributed by atoms with Crippen LogP contribution in [0.1, 0.15) is 19.0 Å². The molecule has 0 atom stereocenters. The molecule has 2 aromatic rings. The van der Waals surface area contributed by atoms with Gasteiger partial charge in [0.2, 0.25) is 0 Å². The van der Waals surface area contributed by atoms with Crippen LogP contribution < -0.4 is 5.56 Å². The monoisotopic (exact) mass is 358 g/mol. The first-order valence-electron chi connectivity index (χ1n) is 5.38. The molecule has 90 valence electrons. The summed E-state index contributed by atoms with van der Waals surface area (Å²) in [5.41, 5.74) is 1.72. The standard InChI is InChI=1S/C12H12Br2N2O/c1-2-4-10-11(14)12(17)16(15-10)9-6-3-5-8(13)7-9/h3,5-7,15H,2,4H2,1H3. The van der Waals surface area contributed by atoms with Gasteiger partial charge >= 0.3 is 0 Å². The highest BCUT2D eigenvalue weighted by Crippen LogP contribution is 2.17. The maximum atomic E-state index is 12.0. The fourth-order valence-electron chi connectivity index (χ4n) is 1.67. The zero-order chi connectivity index (χ0) is 12.4. The summed E-state index contributed by atoms with van der Waals surface area (Å²) in [6.45, 7) is 2.08. The van der Waals surface area contributed by atoms with Crippen LogP contribution in [0.2, 0.25) is 0 Å². The van der Waals surface area contributed by atoms with Crippen LogP contribution in [-0.2, 0) is 6.42 Å². The van der Waals surface area contributed by atoms with Crippen LogP contribution in [0.25, 0.3) is 5.69 Å². The zero-order valence-electron chi connectivity index (χ0n) is 9.34. The van der Waals surface area contributed by atoms with E-state index in [0.29, 0.717) is 4.47 Å². The first kappa shape index (κ1) is 12.6. The molecule has 0 spiro atoms. The van der Waals surface area contributed by atoms with Crippen molar-refractivity contribution in [2.75, 3.05) is 0 Å². The molecule has 0 aliphatic rings. The molecule has 0 saturated heterocycles. The Bertz CT molecular complexity index is 586. The number of nitrogens with one attached hydrogen (secondary N) is 1. The predicted octanol–water partition coefficient (Wildman–Crippen LogP) is 3.64. The quantitative estimate of drug-likeness (QED) is 0.892. The van der Waals surface area contributed by atoms with E-state index in [1.807, 2.05) is 24.3 Å². The van der Waals surface area contributed by atoms with Gasteiger partial charge < -0.3 is 0 Å². The number of aromatic nitrogens is 2. The fourth-order valence-corrected chi connectivity index (χ4v) is 2.53. The molecule has 2 rings (SSSR count). The SMILES string of the molecule is CCCc1[nH]n(-c2cccc(Br)c2)c(=O)c1Br. The van der Waals surface area contributed by atoms with Crippen molar-refractivity contribution in [3.05, 3.63) is 49.3 Å². The van der Waals surface area contributed by atoms with Crippen molar-refractivity contribution in [3.63, 3.8) is 0 Å². The summed E-state index contributed by atoms with van der Waals surface area (Å²) in [5, 5.41) is 3.13. The maximum absolute atomic E-state index is 12.0. The highest BCUT2D eigenvalue weighted by Gasteiger charge is 2.11. The Labute approximate surface area is 116 Å². The predicted molar refractivity (Wildman–Crippen MR) is 75.8 cm³/mol. The number of hydrogen-bond acceptors (Lipinski definition) is 1. The van der Waals surface area contributed by atoms with E-state index < -0.39 is 0 Å². The van der Waals surface area contributed by atoms with Gasteiger partial charge in [-0.1, -0.05) is 35.3 Å². The van der Waals surface area contributed by atoms with Gasteiger partial charge in [-0.15, -0.1) is 0 Å². The van der Waals surface area contributed by atoms with Gasteiger partial charge in [0.1, 0.15) is 4.47 Å². The highest BCUT2D eigenvalue weighted by atomic mass is 79.9. The molecule has 5 heteroatoms. The van der Waals surface area contributed by atoms with Gasteiger partial charge in [0.25, 0.3) is 5.56 Å².